The van der Waals surface area contributed by atoms with E-state index in [1.54, 1.807) is 14.2 Å². The van der Waals surface area contributed by atoms with Gasteiger partial charge in [0.1, 0.15) is 12.2 Å². The predicted octanol–water partition coefficient (Wildman–Crippen LogP) is 1.73. The Morgan fingerprint density at radius 1 is 1.19 bits per heavy atom. The molecule has 5 heteroatoms. The molecular weight excluding hydrogens is 272 g/mol. The summed E-state index contributed by atoms with van der Waals surface area (Å²) in [4.78, 5) is 0. The summed E-state index contributed by atoms with van der Waals surface area (Å²) in [6.45, 7) is 2.34. The van der Waals surface area contributed by atoms with E-state index in [4.69, 9.17) is 18.9 Å². The van der Waals surface area contributed by atoms with Crippen LogP contribution >= 0.6 is 0 Å². The van der Waals surface area contributed by atoms with Gasteiger partial charge >= 0.3 is 0 Å². The molecule has 4 atom stereocenters. The second kappa shape index (κ2) is 7.87. The third-order valence-corrected chi connectivity index (χ3v) is 3.75. The van der Waals surface area contributed by atoms with Crippen LogP contribution in [0.4, 0.5) is 0 Å². The smallest absolute Gasteiger partial charge is 0.159 e. The van der Waals surface area contributed by atoms with Crippen molar-refractivity contribution in [1.29, 1.82) is 0 Å². The minimum Gasteiger partial charge on any atom is -0.388 e. The largest absolute Gasteiger partial charge is 0.388 e. The number of hydrogen-bond donors (Lipinski definition) is 1. The molecule has 1 fully saturated rings. The molecule has 0 aliphatic carbocycles. The molecule has 21 heavy (non-hydrogen) atoms. The Morgan fingerprint density at radius 2 is 1.86 bits per heavy atom. The summed E-state index contributed by atoms with van der Waals surface area (Å²) in [5.41, 5.74) is 1.09. The van der Waals surface area contributed by atoms with Gasteiger partial charge in [-0.2, -0.15) is 0 Å². The van der Waals surface area contributed by atoms with E-state index in [0.717, 1.165) is 5.56 Å². The maximum atomic E-state index is 10.2. The van der Waals surface area contributed by atoms with Crippen LogP contribution in [0.15, 0.2) is 30.3 Å². The van der Waals surface area contributed by atoms with Crippen LogP contribution in [-0.2, 0) is 25.6 Å². The second-order valence-electron chi connectivity index (χ2n) is 5.27. The molecular formula is C16H24O5. The van der Waals surface area contributed by atoms with Crippen LogP contribution < -0.4 is 0 Å². The summed E-state index contributed by atoms with van der Waals surface area (Å²) >= 11 is 0. The summed E-state index contributed by atoms with van der Waals surface area (Å²) in [7, 11) is 3.18. The van der Waals surface area contributed by atoms with Crippen LogP contribution in [0.3, 0.4) is 0 Å². The number of aliphatic hydroxyl groups excluding tert-OH is 1. The molecule has 2 rings (SSSR count). The molecule has 0 spiro atoms. The molecule has 0 unspecified atom stereocenters. The first-order chi connectivity index (χ1) is 10.2. The first-order valence-corrected chi connectivity index (χ1v) is 7.20. The summed E-state index contributed by atoms with van der Waals surface area (Å²) in [5.74, 6) is 0. The van der Waals surface area contributed by atoms with Crippen molar-refractivity contribution in [3.05, 3.63) is 35.9 Å². The highest BCUT2D eigenvalue weighted by molar-refractivity contribution is 5.13. The zero-order valence-corrected chi connectivity index (χ0v) is 12.8. The quantitative estimate of drug-likeness (QED) is 0.555. The van der Waals surface area contributed by atoms with Crippen LogP contribution in [0.5, 0.6) is 0 Å². The monoisotopic (exact) mass is 296 g/mol. The molecule has 1 aliphatic heterocycles. The Bertz CT molecular complexity index is 406. The van der Waals surface area contributed by atoms with E-state index in [1.165, 1.54) is 0 Å². The molecule has 1 aromatic carbocycles. The topological polar surface area (TPSA) is 60.5 Å². The maximum absolute atomic E-state index is 10.2. The Labute approximate surface area is 125 Å². The van der Waals surface area contributed by atoms with Crippen molar-refractivity contribution < 1.29 is 24.1 Å². The summed E-state index contributed by atoms with van der Waals surface area (Å²) < 4.78 is 21.5. The van der Waals surface area contributed by atoms with Crippen LogP contribution in [0.1, 0.15) is 18.9 Å². The highest BCUT2D eigenvalue weighted by Crippen LogP contribution is 2.32. The van der Waals surface area contributed by atoms with E-state index in [1.807, 2.05) is 37.3 Å². The lowest BCUT2D eigenvalue weighted by Crippen LogP contribution is -2.32. The molecule has 5 nitrogen and oxygen atoms in total. The van der Waals surface area contributed by atoms with Gasteiger partial charge in [0.25, 0.3) is 0 Å². The number of hydrogen-bond acceptors (Lipinski definition) is 5. The number of rotatable bonds is 9. The molecule has 1 heterocycles. The van der Waals surface area contributed by atoms with Crippen LogP contribution in [-0.4, -0.2) is 50.0 Å². The van der Waals surface area contributed by atoms with Gasteiger partial charge in [0.2, 0.25) is 0 Å². The van der Waals surface area contributed by atoms with Gasteiger partial charge in [-0.15, -0.1) is 0 Å². The normalized spacial score (nSPS) is 24.0. The zero-order valence-electron chi connectivity index (χ0n) is 12.8. The minimum atomic E-state index is -0.645. The van der Waals surface area contributed by atoms with Gasteiger partial charge in [-0.1, -0.05) is 30.3 Å². The lowest BCUT2D eigenvalue weighted by Gasteiger charge is -2.18. The molecule has 0 bridgehead atoms. The van der Waals surface area contributed by atoms with Crippen LogP contribution in [0.2, 0.25) is 0 Å². The minimum absolute atomic E-state index is 0.0346. The third-order valence-electron chi connectivity index (χ3n) is 3.75. The number of benzene rings is 1. The van der Waals surface area contributed by atoms with Crippen molar-refractivity contribution in [1.82, 2.24) is 0 Å². The molecule has 0 aromatic heterocycles. The SMILES string of the molecule is COC(C[C@@H]1O[C@H]1[C@H](O)[C@@H](C)OCc1ccccc1)OC. The summed E-state index contributed by atoms with van der Waals surface area (Å²) in [6, 6.07) is 9.89. The standard InChI is InChI=1S/C16H24O5/c1-11(20-10-12-7-5-4-6-8-12)15(17)16-13(21-16)9-14(18-2)19-3/h4-8,11,13-17H,9-10H2,1-3H3/t11-,13+,15-,16-/m1/s1. The fourth-order valence-corrected chi connectivity index (χ4v) is 2.29. The van der Waals surface area contributed by atoms with Gasteiger partial charge in [-0.3, -0.25) is 0 Å². The first kappa shape index (κ1) is 16.4. The molecule has 1 N–H and O–H groups in total. The maximum Gasteiger partial charge on any atom is 0.159 e. The van der Waals surface area contributed by atoms with Crippen LogP contribution in [0, 0.1) is 0 Å². The first-order valence-electron chi connectivity index (χ1n) is 7.20. The Hall–Kier alpha value is -0.980. The van der Waals surface area contributed by atoms with Crippen molar-refractivity contribution in [3.8, 4) is 0 Å². The highest BCUT2D eigenvalue weighted by atomic mass is 16.7. The van der Waals surface area contributed by atoms with Crippen molar-refractivity contribution >= 4 is 0 Å². The van der Waals surface area contributed by atoms with E-state index in [-0.39, 0.29) is 24.6 Å². The van der Waals surface area contributed by atoms with Crippen molar-refractivity contribution in [2.24, 2.45) is 0 Å². The molecule has 1 aliphatic rings. The summed E-state index contributed by atoms with van der Waals surface area (Å²) in [6.07, 6.45) is -0.860. The number of ether oxygens (including phenoxy) is 4. The predicted molar refractivity (Wildman–Crippen MR) is 77.8 cm³/mol. The Balaban J connectivity index is 1.72. The lowest BCUT2D eigenvalue weighted by atomic mass is 10.1. The number of epoxide rings is 1. The summed E-state index contributed by atoms with van der Waals surface area (Å²) in [5, 5.41) is 10.2. The van der Waals surface area contributed by atoms with Gasteiger partial charge in [0, 0.05) is 20.6 Å². The van der Waals surface area contributed by atoms with Crippen molar-refractivity contribution in [2.45, 2.75) is 50.7 Å². The van der Waals surface area contributed by atoms with E-state index in [9.17, 15) is 5.11 Å². The average Bonchev–Trinajstić information content (AvgIpc) is 3.29. The average molecular weight is 296 g/mol. The Kier molecular flexibility index (Phi) is 6.14. The van der Waals surface area contributed by atoms with Gasteiger partial charge in [0.15, 0.2) is 6.29 Å². The molecule has 118 valence electrons. The van der Waals surface area contributed by atoms with Gasteiger partial charge in [-0.05, 0) is 12.5 Å². The fourth-order valence-electron chi connectivity index (χ4n) is 2.29. The van der Waals surface area contributed by atoms with Crippen LogP contribution in [0.25, 0.3) is 0 Å². The van der Waals surface area contributed by atoms with Gasteiger partial charge in [-0.25, -0.2) is 0 Å². The van der Waals surface area contributed by atoms with Gasteiger partial charge in [0.05, 0.1) is 18.8 Å². The molecule has 0 amide bonds. The zero-order chi connectivity index (χ0) is 15.2. The fraction of sp³-hybridized carbons (Fsp3) is 0.625. The van der Waals surface area contributed by atoms with Gasteiger partial charge < -0.3 is 24.1 Å². The van der Waals surface area contributed by atoms with E-state index >= 15 is 0 Å². The molecule has 1 saturated heterocycles. The number of methoxy groups -OCH3 is 2. The van der Waals surface area contributed by atoms with Crippen molar-refractivity contribution in [2.75, 3.05) is 14.2 Å². The third kappa shape index (κ3) is 4.76. The van der Waals surface area contributed by atoms with E-state index in [0.29, 0.717) is 13.0 Å². The van der Waals surface area contributed by atoms with Crippen molar-refractivity contribution in [3.63, 3.8) is 0 Å². The van der Waals surface area contributed by atoms with E-state index in [2.05, 4.69) is 0 Å². The molecule has 0 radical (unpaired) electrons. The second-order valence-corrected chi connectivity index (χ2v) is 5.27. The van der Waals surface area contributed by atoms with E-state index < -0.39 is 6.10 Å². The molecule has 1 aromatic rings. The Morgan fingerprint density at radius 3 is 2.48 bits per heavy atom. The number of aliphatic hydroxyl groups is 1. The highest BCUT2D eigenvalue weighted by Gasteiger charge is 2.47. The lowest BCUT2D eigenvalue weighted by molar-refractivity contribution is -0.109. The molecule has 0 saturated carbocycles.